The molecule has 0 radical (unpaired) electrons. The van der Waals surface area contributed by atoms with Crippen LogP contribution in [0, 0.1) is 5.82 Å². The molecule has 0 unspecified atom stereocenters. The lowest BCUT2D eigenvalue weighted by molar-refractivity contribution is -0.123. The fourth-order valence-electron chi connectivity index (χ4n) is 2.86. The normalized spacial score (nSPS) is 14.0. The van der Waals surface area contributed by atoms with E-state index in [1.165, 1.54) is 24.3 Å². The topological polar surface area (TPSA) is 97.0 Å². The molecular weight excluding hydrogens is 393 g/mol. The van der Waals surface area contributed by atoms with Gasteiger partial charge in [-0.05, 0) is 29.8 Å². The molecule has 1 saturated heterocycles. The Balaban J connectivity index is 1.42. The van der Waals surface area contributed by atoms with Gasteiger partial charge in [0.2, 0.25) is 0 Å². The molecule has 8 nitrogen and oxygen atoms in total. The van der Waals surface area contributed by atoms with Crippen LogP contribution in [0.3, 0.4) is 0 Å². The van der Waals surface area contributed by atoms with Crippen molar-refractivity contribution < 1.29 is 28.2 Å². The van der Waals surface area contributed by atoms with Gasteiger partial charge in [-0.15, -0.1) is 0 Å². The average Bonchev–Trinajstić information content (AvgIpc) is 2.75. The predicted molar refractivity (Wildman–Crippen MR) is 106 cm³/mol. The lowest BCUT2D eigenvalue weighted by Crippen LogP contribution is -2.37. The minimum Gasteiger partial charge on any atom is -0.452 e. The highest BCUT2D eigenvalue weighted by Crippen LogP contribution is 2.12. The van der Waals surface area contributed by atoms with Crippen molar-refractivity contribution in [2.45, 2.75) is 6.54 Å². The van der Waals surface area contributed by atoms with Gasteiger partial charge in [-0.3, -0.25) is 15.0 Å². The zero-order valence-corrected chi connectivity index (χ0v) is 16.2. The van der Waals surface area contributed by atoms with Gasteiger partial charge in [0.25, 0.3) is 5.91 Å². The molecule has 0 atom stereocenters. The molecule has 1 aliphatic rings. The Morgan fingerprint density at radius 3 is 2.43 bits per heavy atom. The Hall–Kier alpha value is -3.30. The zero-order valence-electron chi connectivity index (χ0n) is 16.2. The number of hydrogen-bond acceptors (Lipinski definition) is 6. The third-order valence-corrected chi connectivity index (χ3v) is 4.41. The van der Waals surface area contributed by atoms with Crippen molar-refractivity contribution in [3.8, 4) is 0 Å². The first-order chi connectivity index (χ1) is 14.5. The van der Waals surface area contributed by atoms with Gasteiger partial charge in [0.1, 0.15) is 5.82 Å². The van der Waals surface area contributed by atoms with Crippen molar-refractivity contribution in [2.24, 2.45) is 0 Å². The molecule has 0 saturated carbocycles. The van der Waals surface area contributed by atoms with Crippen LogP contribution in [0.5, 0.6) is 0 Å². The predicted octanol–water partition coefficient (Wildman–Crippen LogP) is 2.16. The average molecular weight is 415 g/mol. The first kappa shape index (κ1) is 21.4. The molecule has 1 aliphatic heterocycles. The van der Waals surface area contributed by atoms with E-state index in [4.69, 9.17) is 9.47 Å². The summed E-state index contributed by atoms with van der Waals surface area (Å²) in [6, 6.07) is 11.5. The summed E-state index contributed by atoms with van der Waals surface area (Å²) < 4.78 is 23.7. The highest BCUT2D eigenvalue weighted by molar-refractivity contribution is 6.02. The largest absolute Gasteiger partial charge is 0.452 e. The smallest absolute Gasteiger partial charge is 0.338 e. The number of benzene rings is 2. The van der Waals surface area contributed by atoms with Gasteiger partial charge in [-0.1, -0.05) is 24.3 Å². The molecule has 0 aliphatic carbocycles. The molecule has 2 aromatic carbocycles. The maximum absolute atomic E-state index is 13.5. The Morgan fingerprint density at radius 1 is 1.03 bits per heavy atom. The van der Waals surface area contributed by atoms with E-state index < -0.39 is 30.3 Å². The monoisotopic (exact) mass is 415 g/mol. The molecular formula is C21H22FN3O5. The number of anilines is 1. The molecule has 3 amide bonds. The number of nitrogens with one attached hydrogen (secondary N) is 2. The molecule has 0 bridgehead atoms. The molecule has 9 heteroatoms. The van der Waals surface area contributed by atoms with Crippen LogP contribution in [0.1, 0.15) is 15.9 Å². The number of hydrogen-bond donors (Lipinski definition) is 2. The first-order valence-electron chi connectivity index (χ1n) is 9.43. The number of urea groups is 1. The second-order valence-electron chi connectivity index (χ2n) is 6.64. The molecule has 158 valence electrons. The number of esters is 1. The van der Waals surface area contributed by atoms with E-state index in [2.05, 4.69) is 10.2 Å². The van der Waals surface area contributed by atoms with Gasteiger partial charge in [0.15, 0.2) is 6.61 Å². The molecule has 1 fully saturated rings. The lowest BCUT2D eigenvalue weighted by atomic mass is 10.1. The summed E-state index contributed by atoms with van der Waals surface area (Å²) in [5.74, 6) is -2.15. The molecule has 2 aromatic rings. The Bertz CT molecular complexity index is 898. The van der Waals surface area contributed by atoms with Crippen LogP contribution in [0.4, 0.5) is 14.9 Å². The summed E-state index contributed by atoms with van der Waals surface area (Å²) in [6.45, 7) is 3.28. The van der Waals surface area contributed by atoms with Crippen LogP contribution >= 0.6 is 0 Å². The number of halogens is 1. The second-order valence-corrected chi connectivity index (χ2v) is 6.64. The number of carbonyl (C=O) groups is 3. The van der Waals surface area contributed by atoms with Gasteiger partial charge < -0.3 is 14.8 Å². The van der Waals surface area contributed by atoms with Gasteiger partial charge in [0.05, 0.1) is 24.5 Å². The fourth-order valence-corrected chi connectivity index (χ4v) is 2.86. The van der Waals surface area contributed by atoms with Crippen LogP contribution in [0.2, 0.25) is 0 Å². The summed E-state index contributed by atoms with van der Waals surface area (Å²) in [5, 5.41) is 4.17. The number of morpholine rings is 1. The molecule has 2 N–H and O–H groups in total. The first-order valence-corrected chi connectivity index (χ1v) is 9.43. The minimum absolute atomic E-state index is 0.0723. The van der Waals surface area contributed by atoms with Crippen LogP contribution < -0.4 is 10.6 Å². The van der Waals surface area contributed by atoms with E-state index >= 15 is 0 Å². The van der Waals surface area contributed by atoms with Crippen molar-refractivity contribution >= 4 is 23.6 Å². The fraction of sp³-hybridized carbons (Fsp3) is 0.286. The van der Waals surface area contributed by atoms with Gasteiger partial charge >= 0.3 is 12.0 Å². The van der Waals surface area contributed by atoms with E-state index in [1.807, 2.05) is 17.4 Å². The third-order valence-electron chi connectivity index (χ3n) is 4.41. The number of imide groups is 1. The Kier molecular flexibility index (Phi) is 7.47. The Labute approximate surface area is 173 Å². The van der Waals surface area contributed by atoms with E-state index in [1.54, 1.807) is 12.1 Å². The van der Waals surface area contributed by atoms with E-state index in [9.17, 15) is 18.8 Å². The molecule has 30 heavy (non-hydrogen) atoms. The van der Waals surface area contributed by atoms with Crippen LogP contribution in [0.25, 0.3) is 0 Å². The molecule has 3 rings (SSSR count). The van der Waals surface area contributed by atoms with Crippen molar-refractivity contribution in [2.75, 3.05) is 38.2 Å². The summed E-state index contributed by atoms with van der Waals surface area (Å²) in [5.41, 5.74) is 1.28. The van der Waals surface area contributed by atoms with Crippen LogP contribution in [-0.2, 0) is 20.8 Å². The van der Waals surface area contributed by atoms with E-state index in [0.29, 0.717) is 18.8 Å². The SMILES string of the molecule is O=C(COC(=O)c1ccc(CN2CCOCC2)cc1)NC(=O)Nc1ccccc1F. The van der Waals surface area contributed by atoms with Gasteiger partial charge in [-0.2, -0.15) is 0 Å². The molecule has 0 spiro atoms. The summed E-state index contributed by atoms with van der Waals surface area (Å²) in [7, 11) is 0. The van der Waals surface area contributed by atoms with Crippen molar-refractivity contribution in [1.29, 1.82) is 0 Å². The zero-order chi connectivity index (χ0) is 21.3. The summed E-state index contributed by atoms with van der Waals surface area (Å²) >= 11 is 0. The number of ether oxygens (including phenoxy) is 2. The standard InChI is InChI=1S/C21H22FN3O5/c22-17-3-1-2-4-18(17)23-21(28)24-19(26)14-30-20(27)16-7-5-15(6-8-16)13-25-9-11-29-12-10-25/h1-8H,9-14H2,(H2,23,24,26,28). The Morgan fingerprint density at radius 2 is 1.73 bits per heavy atom. The number of carbonyl (C=O) groups excluding carboxylic acids is 3. The quantitative estimate of drug-likeness (QED) is 0.702. The third kappa shape index (κ3) is 6.36. The number of rotatable bonds is 6. The number of para-hydroxylation sites is 1. The highest BCUT2D eigenvalue weighted by atomic mass is 19.1. The van der Waals surface area contributed by atoms with Crippen LogP contribution in [0.15, 0.2) is 48.5 Å². The second kappa shape index (κ2) is 10.5. The number of nitrogens with zero attached hydrogens (tertiary/aromatic N) is 1. The maximum atomic E-state index is 13.5. The summed E-state index contributed by atoms with van der Waals surface area (Å²) in [4.78, 5) is 37.9. The summed E-state index contributed by atoms with van der Waals surface area (Å²) in [6.07, 6.45) is 0. The van der Waals surface area contributed by atoms with E-state index in [0.717, 1.165) is 25.2 Å². The lowest BCUT2D eigenvalue weighted by Gasteiger charge is -2.26. The molecule has 0 aromatic heterocycles. The van der Waals surface area contributed by atoms with Gasteiger partial charge in [0, 0.05) is 19.6 Å². The maximum Gasteiger partial charge on any atom is 0.338 e. The van der Waals surface area contributed by atoms with Crippen molar-refractivity contribution in [3.05, 3.63) is 65.5 Å². The number of amides is 3. The van der Waals surface area contributed by atoms with E-state index in [-0.39, 0.29) is 5.69 Å². The molecule has 1 heterocycles. The van der Waals surface area contributed by atoms with Crippen LogP contribution in [-0.4, -0.2) is 55.7 Å². The minimum atomic E-state index is -0.923. The van der Waals surface area contributed by atoms with Gasteiger partial charge in [-0.25, -0.2) is 14.0 Å². The van der Waals surface area contributed by atoms with Crippen molar-refractivity contribution in [3.63, 3.8) is 0 Å². The highest BCUT2D eigenvalue weighted by Gasteiger charge is 2.15. The van der Waals surface area contributed by atoms with Crippen molar-refractivity contribution in [1.82, 2.24) is 10.2 Å².